The Morgan fingerprint density at radius 1 is 1.29 bits per heavy atom. The van der Waals surface area contributed by atoms with Crippen LogP contribution in [0.3, 0.4) is 0 Å². The van der Waals surface area contributed by atoms with Crippen LogP contribution >= 0.6 is 11.6 Å². The van der Waals surface area contributed by atoms with Crippen molar-refractivity contribution in [2.45, 2.75) is 33.9 Å². The third-order valence-corrected chi connectivity index (χ3v) is 3.63. The lowest BCUT2D eigenvalue weighted by Crippen LogP contribution is -2.19. The van der Waals surface area contributed by atoms with E-state index in [0.29, 0.717) is 12.5 Å². The maximum Gasteiger partial charge on any atom is 0.146 e. The van der Waals surface area contributed by atoms with Gasteiger partial charge in [0.25, 0.3) is 0 Å². The van der Waals surface area contributed by atoms with E-state index in [4.69, 9.17) is 20.8 Å². The van der Waals surface area contributed by atoms with Crippen LogP contribution in [0.25, 0.3) is 0 Å². The summed E-state index contributed by atoms with van der Waals surface area (Å²) in [5, 5.41) is 4.16. The molecular formula is C17H22ClNO2. The molecule has 0 unspecified atom stereocenters. The molecule has 1 N–H and O–H groups in total. The van der Waals surface area contributed by atoms with Crippen molar-refractivity contribution in [1.82, 2.24) is 5.32 Å². The zero-order valence-corrected chi connectivity index (χ0v) is 13.5. The second-order valence-electron chi connectivity index (χ2n) is 5.59. The topological polar surface area (TPSA) is 34.4 Å². The SMILES string of the molecule is Cc1cc(OCc2occc2CNCC(C)C)ccc1Cl. The van der Waals surface area contributed by atoms with Crippen molar-refractivity contribution in [3.05, 3.63) is 52.4 Å². The van der Waals surface area contributed by atoms with Crippen LogP contribution in [0, 0.1) is 12.8 Å². The molecule has 1 heterocycles. The summed E-state index contributed by atoms with van der Waals surface area (Å²) in [4.78, 5) is 0. The van der Waals surface area contributed by atoms with Gasteiger partial charge in [-0.2, -0.15) is 0 Å². The highest BCUT2D eigenvalue weighted by molar-refractivity contribution is 6.31. The van der Waals surface area contributed by atoms with E-state index < -0.39 is 0 Å². The van der Waals surface area contributed by atoms with Crippen LogP contribution in [0.15, 0.2) is 34.9 Å². The Morgan fingerprint density at radius 3 is 2.81 bits per heavy atom. The zero-order valence-electron chi connectivity index (χ0n) is 12.8. The summed E-state index contributed by atoms with van der Waals surface area (Å²) in [6, 6.07) is 7.63. The number of benzene rings is 1. The van der Waals surface area contributed by atoms with Crippen molar-refractivity contribution in [1.29, 1.82) is 0 Å². The molecule has 3 nitrogen and oxygen atoms in total. The largest absolute Gasteiger partial charge is 0.486 e. The van der Waals surface area contributed by atoms with E-state index in [0.717, 1.165) is 40.7 Å². The Labute approximate surface area is 131 Å². The van der Waals surface area contributed by atoms with Gasteiger partial charge in [-0.25, -0.2) is 0 Å². The molecule has 0 spiro atoms. The monoisotopic (exact) mass is 307 g/mol. The van der Waals surface area contributed by atoms with E-state index in [-0.39, 0.29) is 0 Å². The van der Waals surface area contributed by atoms with E-state index in [1.54, 1.807) is 6.26 Å². The first-order chi connectivity index (χ1) is 10.1. The minimum absolute atomic E-state index is 0.423. The Balaban J connectivity index is 1.91. The van der Waals surface area contributed by atoms with Crippen molar-refractivity contribution >= 4 is 11.6 Å². The van der Waals surface area contributed by atoms with Gasteiger partial charge in [-0.3, -0.25) is 0 Å². The molecule has 0 aliphatic rings. The molecule has 21 heavy (non-hydrogen) atoms. The maximum absolute atomic E-state index is 6.01. The van der Waals surface area contributed by atoms with Crippen molar-refractivity contribution in [2.24, 2.45) is 5.92 Å². The molecule has 0 amide bonds. The molecular weight excluding hydrogens is 286 g/mol. The van der Waals surface area contributed by atoms with Crippen LogP contribution < -0.4 is 10.1 Å². The molecule has 114 valence electrons. The summed E-state index contributed by atoms with van der Waals surface area (Å²) in [6.07, 6.45) is 1.71. The van der Waals surface area contributed by atoms with Crippen molar-refractivity contribution in [3.8, 4) is 5.75 Å². The first-order valence-electron chi connectivity index (χ1n) is 7.21. The lowest BCUT2D eigenvalue weighted by atomic mass is 10.2. The van der Waals surface area contributed by atoms with Gasteiger partial charge >= 0.3 is 0 Å². The first-order valence-corrected chi connectivity index (χ1v) is 7.59. The molecule has 0 fully saturated rings. The number of hydrogen-bond donors (Lipinski definition) is 1. The summed E-state index contributed by atoms with van der Waals surface area (Å²) >= 11 is 6.01. The molecule has 0 aliphatic heterocycles. The summed E-state index contributed by atoms with van der Waals surface area (Å²) in [6.45, 7) is 8.55. The minimum atomic E-state index is 0.423. The van der Waals surface area contributed by atoms with Gasteiger partial charge in [0.1, 0.15) is 18.1 Å². The molecule has 0 atom stereocenters. The molecule has 0 saturated heterocycles. The first kappa shape index (κ1) is 15.9. The second-order valence-corrected chi connectivity index (χ2v) is 6.00. The molecule has 0 aliphatic carbocycles. The average molecular weight is 308 g/mol. The Morgan fingerprint density at radius 2 is 2.10 bits per heavy atom. The third kappa shape index (κ3) is 4.80. The number of rotatable bonds is 7. The quantitative estimate of drug-likeness (QED) is 0.814. The van der Waals surface area contributed by atoms with Crippen LogP contribution in [-0.2, 0) is 13.2 Å². The summed E-state index contributed by atoms with van der Waals surface area (Å²) in [7, 11) is 0. The van der Waals surface area contributed by atoms with Crippen LogP contribution in [0.2, 0.25) is 5.02 Å². The van der Waals surface area contributed by atoms with Gasteiger partial charge in [-0.15, -0.1) is 0 Å². The Hall–Kier alpha value is -1.45. The van der Waals surface area contributed by atoms with E-state index in [1.165, 1.54) is 0 Å². The van der Waals surface area contributed by atoms with E-state index >= 15 is 0 Å². The van der Waals surface area contributed by atoms with Crippen molar-refractivity contribution < 1.29 is 9.15 Å². The van der Waals surface area contributed by atoms with Crippen molar-refractivity contribution in [2.75, 3.05) is 6.54 Å². The summed E-state index contributed by atoms with van der Waals surface area (Å²) in [5.41, 5.74) is 2.15. The normalized spacial score (nSPS) is 11.1. The molecule has 0 saturated carbocycles. The molecule has 0 radical (unpaired) electrons. The van der Waals surface area contributed by atoms with Crippen LogP contribution in [0.5, 0.6) is 5.75 Å². The van der Waals surface area contributed by atoms with E-state index in [9.17, 15) is 0 Å². The summed E-state index contributed by atoms with van der Waals surface area (Å²) in [5.74, 6) is 2.29. The fourth-order valence-electron chi connectivity index (χ4n) is 2.00. The van der Waals surface area contributed by atoms with Crippen LogP contribution in [0.1, 0.15) is 30.7 Å². The van der Waals surface area contributed by atoms with Gasteiger partial charge in [0.2, 0.25) is 0 Å². The predicted octanol–water partition coefficient (Wildman–Crippen LogP) is 4.57. The predicted molar refractivity (Wildman–Crippen MR) is 85.8 cm³/mol. The van der Waals surface area contributed by atoms with Gasteiger partial charge in [0.15, 0.2) is 0 Å². The zero-order chi connectivity index (χ0) is 15.2. The highest BCUT2D eigenvalue weighted by Gasteiger charge is 2.08. The van der Waals surface area contributed by atoms with Crippen molar-refractivity contribution in [3.63, 3.8) is 0 Å². The van der Waals surface area contributed by atoms with Gasteiger partial charge in [-0.1, -0.05) is 25.4 Å². The number of aryl methyl sites for hydroxylation is 1. The second kappa shape index (κ2) is 7.53. The van der Waals surface area contributed by atoms with Gasteiger partial charge in [-0.05, 0) is 49.2 Å². The lowest BCUT2D eigenvalue weighted by molar-refractivity contribution is 0.268. The van der Waals surface area contributed by atoms with E-state index in [1.807, 2.05) is 31.2 Å². The number of nitrogens with one attached hydrogen (secondary N) is 1. The highest BCUT2D eigenvalue weighted by Crippen LogP contribution is 2.22. The number of furan rings is 1. The smallest absolute Gasteiger partial charge is 0.146 e. The highest BCUT2D eigenvalue weighted by atomic mass is 35.5. The average Bonchev–Trinajstić information content (AvgIpc) is 2.87. The molecule has 0 bridgehead atoms. The Bertz CT molecular complexity index is 578. The number of ether oxygens (including phenoxy) is 1. The van der Waals surface area contributed by atoms with Gasteiger partial charge < -0.3 is 14.5 Å². The molecule has 2 rings (SSSR count). The molecule has 1 aromatic carbocycles. The molecule has 4 heteroatoms. The fourth-order valence-corrected chi connectivity index (χ4v) is 2.12. The molecule has 1 aromatic heterocycles. The van der Waals surface area contributed by atoms with Crippen LogP contribution in [-0.4, -0.2) is 6.54 Å². The Kier molecular flexibility index (Phi) is 5.71. The fraction of sp³-hybridized carbons (Fsp3) is 0.412. The molecule has 2 aromatic rings. The maximum atomic E-state index is 6.01. The number of hydrogen-bond acceptors (Lipinski definition) is 3. The standard InChI is InChI=1S/C17H22ClNO2/c1-12(2)9-19-10-14-6-7-20-17(14)11-21-15-4-5-16(18)13(3)8-15/h4-8,12,19H,9-11H2,1-3H3. The van der Waals surface area contributed by atoms with Crippen LogP contribution in [0.4, 0.5) is 0 Å². The number of halogens is 1. The third-order valence-electron chi connectivity index (χ3n) is 3.21. The van der Waals surface area contributed by atoms with Gasteiger partial charge in [0, 0.05) is 17.1 Å². The minimum Gasteiger partial charge on any atom is -0.486 e. The van der Waals surface area contributed by atoms with Gasteiger partial charge in [0.05, 0.1) is 6.26 Å². The summed E-state index contributed by atoms with van der Waals surface area (Å²) < 4.78 is 11.3. The lowest BCUT2D eigenvalue weighted by Gasteiger charge is -2.09. The van der Waals surface area contributed by atoms with E-state index in [2.05, 4.69) is 19.2 Å².